The minimum atomic E-state index is 0.479. The fourth-order valence-corrected chi connectivity index (χ4v) is 2.40. The molecule has 1 heterocycles. The Hall–Kier alpha value is -1.52. The molecule has 1 aromatic heterocycles. The molecule has 0 aliphatic heterocycles. The zero-order valence-corrected chi connectivity index (χ0v) is 11.4. The van der Waals surface area contributed by atoms with Gasteiger partial charge in [-0.15, -0.1) is 0 Å². The Labute approximate surface area is 112 Å². The lowest BCUT2D eigenvalue weighted by Gasteiger charge is -2.22. The number of hydrogen-bond donors (Lipinski definition) is 1. The first-order chi connectivity index (χ1) is 8.61. The van der Waals surface area contributed by atoms with Gasteiger partial charge in [0.05, 0.1) is 16.9 Å². The highest BCUT2D eigenvalue weighted by atomic mass is 35.5. The Bertz CT molecular complexity index is 536. The van der Waals surface area contributed by atoms with Crippen molar-refractivity contribution in [3.05, 3.63) is 46.7 Å². The van der Waals surface area contributed by atoms with E-state index in [1.54, 1.807) is 4.68 Å². The molecule has 2 aromatic rings. The van der Waals surface area contributed by atoms with Crippen LogP contribution in [0.1, 0.15) is 11.1 Å². The summed E-state index contributed by atoms with van der Waals surface area (Å²) < 4.78 is 1.79. The molecule has 0 unspecified atom stereocenters. The SMILES string of the molecule is CN(Cc1cnn(C)c1)c1c(Cl)cccc1CN. The molecule has 4 nitrogen and oxygen atoms in total. The molecule has 0 radical (unpaired) electrons. The van der Waals surface area contributed by atoms with E-state index in [0.29, 0.717) is 6.54 Å². The summed E-state index contributed by atoms with van der Waals surface area (Å²) in [6.07, 6.45) is 3.85. The Balaban J connectivity index is 2.25. The van der Waals surface area contributed by atoms with Gasteiger partial charge in [-0.3, -0.25) is 4.68 Å². The van der Waals surface area contributed by atoms with Crippen LogP contribution in [0.25, 0.3) is 0 Å². The summed E-state index contributed by atoms with van der Waals surface area (Å²) in [6, 6.07) is 5.81. The molecular weight excluding hydrogens is 248 g/mol. The third-order valence-corrected chi connectivity index (χ3v) is 3.16. The van der Waals surface area contributed by atoms with E-state index in [2.05, 4.69) is 10.00 Å². The molecule has 2 rings (SSSR count). The smallest absolute Gasteiger partial charge is 0.0642 e. The lowest BCUT2D eigenvalue weighted by molar-refractivity contribution is 0.766. The molecule has 0 bridgehead atoms. The van der Waals surface area contributed by atoms with Gasteiger partial charge in [0.2, 0.25) is 0 Å². The Kier molecular flexibility index (Phi) is 3.89. The predicted molar refractivity (Wildman–Crippen MR) is 74.7 cm³/mol. The summed E-state index contributed by atoms with van der Waals surface area (Å²) in [5.41, 5.74) is 8.94. The van der Waals surface area contributed by atoms with E-state index >= 15 is 0 Å². The van der Waals surface area contributed by atoms with Gasteiger partial charge < -0.3 is 10.6 Å². The quantitative estimate of drug-likeness (QED) is 0.921. The maximum atomic E-state index is 6.26. The van der Waals surface area contributed by atoms with E-state index in [-0.39, 0.29) is 0 Å². The fraction of sp³-hybridized carbons (Fsp3) is 0.308. The number of aryl methyl sites for hydroxylation is 1. The summed E-state index contributed by atoms with van der Waals surface area (Å²) in [4.78, 5) is 2.10. The Morgan fingerprint density at radius 2 is 2.22 bits per heavy atom. The van der Waals surface area contributed by atoms with Gasteiger partial charge in [-0.2, -0.15) is 5.10 Å². The van der Waals surface area contributed by atoms with Crippen LogP contribution < -0.4 is 10.6 Å². The van der Waals surface area contributed by atoms with Crippen molar-refractivity contribution in [1.29, 1.82) is 0 Å². The molecule has 0 fully saturated rings. The second kappa shape index (κ2) is 5.42. The van der Waals surface area contributed by atoms with Crippen LogP contribution in [0, 0.1) is 0 Å². The predicted octanol–water partition coefficient (Wildman–Crippen LogP) is 2.17. The van der Waals surface area contributed by atoms with Crippen LogP contribution in [0.4, 0.5) is 5.69 Å². The lowest BCUT2D eigenvalue weighted by atomic mass is 10.1. The van der Waals surface area contributed by atoms with Crippen LogP contribution in [0.3, 0.4) is 0 Å². The van der Waals surface area contributed by atoms with Crippen LogP contribution in [0.15, 0.2) is 30.6 Å². The number of hydrogen-bond acceptors (Lipinski definition) is 3. The van der Waals surface area contributed by atoms with Gasteiger partial charge in [0, 0.05) is 38.9 Å². The molecule has 0 aliphatic rings. The number of para-hydroxylation sites is 1. The molecule has 2 N–H and O–H groups in total. The maximum Gasteiger partial charge on any atom is 0.0642 e. The van der Waals surface area contributed by atoms with Crippen LogP contribution >= 0.6 is 11.6 Å². The zero-order chi connectivity index (χ0) is 13.1. The van der Waals surface area contributed by atoms with Crippen molar-refractivity contribution in [3.63, 3.8) is 0 Å². The van der Waals surface area contributed by atoms with Gasteiger partial charge in [-0.05, 0) is 11.6 Å². The topological polar surface area (TPSA) is 47.1 Å². The number of aromatic nitrogens is 2. The largest absolute Gasteiger partial charge is 0.369 e. The molecule has 1 aromatic carbocycles. The van der Waals surface area contributed by atoms with Crippen LogP contribution in [0.5, 0.6) is 0 Å². The summed E-state index contributed by atoms with van der Waals surface area (Å²) in [5.74, 6) is 0. The molecule has 0 amide bonds. The molecule has 0 aliphatic carbocycles. The maximum absolute atomic E-state index is 6.26. The average Bonchev–Trinajstić information content (AvgIpc) is 2.74. The van der Waals surface area contributed by atoms with Gasteiger partial charge in [0.1, 0.15) is 0 Å². The molecule has 0 atom stereocenters. The van der Waals surface area contributed by atoms with Crippen molar-refractivity contribution in [2.45, 2.75) is 13.1 Å². The summed E-state index contributed by atoms with van der Waals surface area (Å²) in [7, 11) is 3.91. The lowest BCUT2D eigenvalue weighted by Crippen LogP contribution is -2.19. The fourth-order valence-electron chi connectivity index (χ4n) is 2.06. The van der Waals surface area contributed by atoms with Crippen molar-refractivity contribution >= 4 is 17.3 Å². The number of rotatable bonds is 4. The Morgan fingerprint density at radius 3 is 2.83 bits per heavy atom. The third kappa shape index (κ3) is 2.66. The number of benzene rings is 1. The van der Waals surface area contributed by atoms with Gasteiger partial charge in [0.15, 0.2) is 0 Å². The van der Waals surface area contributed by atoms with Crippen LogP contribution in [-0.2, 0) is 20.1 Å². The molecule has 0 saturated heterocycles. The van der Waals surface area contributed by atoms with Crippen molar-refractivity contribution < 1.29 is 0 Å². The number of nitrogens with zero attached hydrogens (tertiary/aromatic N) is 3. The highest BCUT2D eigenvalue weighted by molar-refractivity contribution is 6.33. The van der Waals surface area contributed by atoms with Gasteiger partial charge in [-0.1, -0.05) is 23.7 Å². The number of nitrogens with two attached hydrogens (primary N) is 1. The molecule has 18 heavy (non-hydrogen) atoms. The van der Waals surface area contributed by atoms with Crippen LogP contribution in [0.2, 0.25) is 5.02 Å². The minimum Gasteiger partial charge on any atom is -0.369 e. The molecule has 5 heteroatoms. The highest BCUT2D eigenvalue weighted by Crippen LogP contribution is 2.29. The minimum absolute atomic E-state index is 0.479. The standard InChI is InChI=1S/C13H17ClN4/c1-17(8-10-7-16-18(2)9-10)13-11(6-15)4-3-5-12(13)14/h3-5,7,9H,6,8,15H2,1-2H3. The van der Waals surface area contributed by atoms with Crippen molar-refractivity contribution in [1.82, 2.24) is 9.78 Å². The van der Waals surface area contributed by atoms with E-state index in [1.807, 2.05) is 44.7 Å². The van der Waals surface area contributed by atoms with Crippen molar-refractivity contribution in [2.24, 2.45) is 12.8 Å². The highest BCUT2D eigenvalue weighted by Gasteiger charge is 2.11. The van der Waals surface area contributed by atoms with E-state index in [9.17, 15) is 0 Å². The van der Waals surface area contributed by atoms with Gasteiger partial charge in [0.25, 0.3) is 0 Å². The molecule has 0 saturated carbocycles. The Morgan fingerprint density at radius 1 is 1.44 bits per heavy atom. The van der Waals surface area contributed by atoms with E-state index < -0.39 is 0 Å². The number of halogens is 1. The van der Waals surface area contributed by atoms with Gasteiger partial charge >= 0.3 is 0 Å². The first-order valence-electron chi connectivity index (χ1n) is 5.78. The monoisotopic (exact) mass is 264 g/mol. The normalized spacial score (nSPS) is 10.7. The van der Waals surface area contributed by atoms with E-state index in [0.717, 1.165) is 28.4 Å². The zero-order valence-electron chi connectivity index (χ0n) is 10.6. The first-order valence-corrected chi connectivity index (χ1v) is 6.15. The van der Waals surface area contributed by atoms with Gasteiger partial charge in [-0.25, -0.2) is 0 Å². The van der Waals surface area contributed by atoms with Crippen LogP contribution in [-0.4, -0.2) is 16.8 Å². The number of anilines is 1. The average molecular weight is 265 g/mol. The van der Waals surface area contributed by atoms with E-state index in [4.69, 9.17) is 17.3 Å². The second-order valence-corrected chi connectivity index (χ2v) is 4.74. The summed E-state index contributed by atoms with van der Waals surface area (Å²) >= 11 is 6.26. The van der Waals surface area contributed by atoms with Crippen molar-refractivity contribution in [3.8, 4) is 0 Å². The third-order valence-electron chi connectivity index (χ3n) is 2.85. The second-order valence-electron chi connectivity index (χ2n) is 4.33. The van der Waals surface area contributed by atoms with Crippen molar-refractivity contribution in [2.75, 3.05) is 11.9 Å². The summed E-state index contributed by atoms with van der Waals surface area (Å²) in [6.45, 7) is 1.23. The molecule has 0 spiro atoms. The molecule has 96 valence electrons. The summed E-state index contributed by atoms with van der Waals surface area (Å²) in [5, 5.41) is 4.89. The van der Waals surface area contributed by atoms with E-state index in [1.165, 1.54) is 0 Å². The molecular formula is C13H17ClN4. The first kappa shape index (κ1) is 12.9.